The van der Waals surface area contributed by atoms with Gasteiger partial charge in [-0.15, -0.1) is 0 Å². The van der Waals surface area contributed by atoms with E-state index in [0.717, 1.165) is 25.0 Å². The zero-order valence-electron chi connectivity index (χ0n) is 9.69. The predicted octanol–water partition coefficient (Wildman–Crippen LogP) is 2.86. The molecule has 86 valence electrons. The Balaban J connectivity index is 2.32. The Labute approximate surface area is 94.3 Å². The van der Waals surface area contributed by atoms with E-state index in [4.69, 9.17) is 4.42 Å². The van der Waals surface area contributed by atoms with Gasteiger partial charge in [0.2, 0.25) is 0 Å². The predicted molar refractivity (Wildman–Crippen MR) is 60.7 cm³/mol. The van der Waals surface area contributed by atoms with Gasteiger partial charge in [-0.2, -0.15) is 4.98 Å². The number of hydrogen-bond acceptors (Lipinski definition) is 3. The average Bonchev–Trinajstić information content (AvgIpc) is 2.76. The number of Topliss-reactive ketones (excluding diaryl/α,β-unsaturated/α-hetero) is 1. The molecular weight excluding hydrogens is 204 g/mol. The molecule has 2 aromatic rings. The van der Waals surface area contributed by atoms with Gasteiger partial charge in [-0.3, -0.25) is 9.20 Å². The highest BCUT2D eigenvalue weighted by Crippen LogP contribution is 2.16. The fourth-order valence-corrected chi connectivity index (χ4v) is 1.92. The summed E-state index contributed by atoms with van der Waals surface area (Å²) in [5.41, 5.74) is 1.53. The second-order valence-corrected chi connectivity index (χ2v) is 3.98. The average molecular weight is 220 g/mol. The van der Waals surface area contributed by atoms with Crippen molar-refractivity contribution in [3.8, 4) is 0 Å². The van der Waals surface area contributed by atoms with Crippen LogP contribution in [0.3, 0.4) is 0 Å². The maximum atomic E-state index is 11.6. The number of nitrogens with zero attached hydrogens (tertiary/aromatic N) is 2. The second kappa shape index (κ2) is 4.51. The van der Waals surface area contributed by atoms with Gasteiger partial charge in [0.1, 0.15) is 12.0 Å². The number of oxazole rings is 1. The first kappa shape index (κ1) is 10.9. The number of imidazole rings is 1. The van der Waals surface area contributed by atoms with Gasteiger partial charge in [0.05, 0.1) is 5.69 Å². The molecule has 2 aromatic heterocycles. The minimum absolute atomic E-state index is 0.0420. The zero-order valence-corrected chi connectivity index (χ0v) is 9.69. The molecular formula is C12H16N2O2. The van der Waals surface area contributed by atoms with E-state index < -0.39 is 0 Å². The van der Waals surface area contributed by atoms with Crippen LogP contribution in [0.25, 0.3) is 5.84 Å². The van der Waals surface area contributed by atoms with Crippen molar-refractivity contribution in [3.05, 3.63) is 23.8 Å². The molecule has 2 heterocycles. The van der Waals surface area contributed by atoms with Crippen molar-refractivity contribution in [2.75, 3.05) is 0 Å². The van der Waals surface area contributed by atoms with Crippen LogP contribution in [0.2, 0.25) is 0 Å². The first-order valence-electron chi connectivity index (χ1n) is 5.69. The number of fused-ring (bicyclic) bond motifs is 1. The summed E-state index contributed by atoms with van der Waals surface area (Å²) in [6, 6.07) is 0. The number of carbonyl (C=O) groups is 1. The van der Waals surface area contributed by atoms with Crippen molar-refractivity contribution in [2.45, 2.75) is 39.5 Å². The number of carbonyl (C=O) groups excluding carboxylic acids is 1. The molecule has 2 rings (SSSR count). The van der Waals surface area contributed by atoms with Crippen molar-refractivity contribution in [3.63, 3.8) is 0 Å². The smallest absolute Gasteiger partial charge is 0.306 e. The lowest BCUT2D eigenvalue weighted by molar-refractivity contribution is 0.101. The van der Waals surface area contributed by atoms with Crippen molar-refractivity contribution < 1.29 is 9.21 Å². The van der Waals surface area contributed by atoms with Gasteiger partial charge in [0.15, 0.2) is 5.78 Å². The Morgan fingerprint density at radius 1 is 1.50 bits per heavy atom. The molecule has 0 N–H and O–H groups in total. The van der Waals surface area contributed by atoms with Crippen LogP contribution in [0.4, 0.5) is 0 Å². The molecule has 16 heavy (non-hydrogen) atoms. The van der Waals surface area contributed by atoms with Crippen LogP contribution in [-0.2, 0) is 6.42 Å². The van der Waals surface area contributed by atoms with Crippen LogP contribution in [0.5, 0.6) is 0 Å². The summed E-state index contributed by atoms with van der Waals surface area (Å²) < 4.78 is 6.92. The Bertz CT molecular complexity index is 496. The molecule has 0 saturated heterocycles. The number of unbranched alkanes of at least 4 members (excludes halogenated alkanes) is 2. The fourth-order valence-electron chi connectivity index (χ4n) is 1.92. The lowest BCUT2D eigenvalue weighted by Gasteiger charge is -1.99. The number of aromatic nitrogens is 2. The Morgan fingerprint density at radius 3 is 3.00 bits per heavy atom. The molecule has 0 aliphatic rings. The molecule has 0 fully saturated rings. The third-order valence-electron chi connectivity index (χ3n) is 2.68. The van der Waals surface area contributed by atoms with Crippen molar-refractivity contribution in [1.29, 1.82) is 0 Å². The van der Waals surface area contributed by atoms with Crippen LogP contribution >= 0.6 is 0 Å². The maximum absolute atomic E-state index is 11.6. The minimum Gasteiger partial charge on any atom is -0.432 e. The second-order valence-electron chi connectivity index (χ2n) is 3.98. The monoisotopic (exact) mass is 220 g/mol. The highest BCUT2D eigenvalue weighted by atomic mass is 16.3. The summed E-state index contributed by atoms with van der Waals surface area (Å²) in [7, 11) is 0. The van der Waals surface area contributed by atoms with E-state index in [1.807, 2.05) is 0 Å². The van der Waals surface area contributed by atoms with E-state index in [9.17, 15) is 4.79 Å². The number of ketones is 1. The lowest BCUT2D eigenvalue weighted by Crippen LogP contribution is -2.02. The normalized spacial score (nSPS) is 11.1. The molecule has 0 radical (unpaired) electrons. The summed E-state index contributed by atoms with van der Waals surface area (Å²) in [4.78, 5) is 15.9. The van der Waals surface area contributed by atoms with Gasteiger partial charge >= 0.3 is 5.84 Å². The van der Waals surface area contributed by atoms with Crippen LogP contribution < -0.4 is 0 Å². The van der Waals surface area contributed by atoms with E-state index >= 15 is 0 Å². The number of rotatable bonds is 5. The molecule has 0 unspecified atom stereocenters. The Kier molecular flexibility index (Phi) is 3.08. The third kappa shape index (κ3) is 1.87. The Morgan fingerprint density at radius 2 is 2.31 bits per heavy atom. The molecule has 0 aliphatic carbocycles. The summed E-state index contributed by atoms with van der Waals surface area (Å²) in [6.45, 7) is 3.73. The first-order valence-corrected chi connectivity index (χ1v) is 5.69. The number of hydrogen-bond donors (Lipinski definition) is 0. The van der Waals surface area contributed by atoms with E-state index in [1.165, 1.54) is 6.42 Å². The van der Waals surface area contributed by atoms with Crippen LogP contribution in [0.15, 0.2) is 16.9 Å². The molecule has 0 aliphatic heterocycles. The van der Waals surface area contributed by atoms with Gasteiger partial charge in [-0.05, 0) is 12.8 Å². The molecule has 0 saturated carbocycles. The largest absolute Gasteiger partial charge is 0.432 e. The quantitative estimate of drug-likeness (QED) is 0.575. The van der Waals surface area contributed by atoms with Crippen molar-refractivity contribution >= 4 is 11.6 Å². The molecule has 0 bridgehead atoms. The molecule has 0 spiro atoms. The molecule has 0 aromatic carbocycles. The maximum Gasteiger partial charge on any atom is 0.306 e. The topological polar surface area (TPSA) is 47.5 Å². The number of aryl methyl sites for hydroxylation is 1. The lowest BCUT2D eigenvalue weighted by atomic mass is 10.1. The molecule has 0 amide bonds. The van der Waals surface area contributed by atoms with Gasteiger partial charge in [0.25, 0.3) is 0 Å². The third-order valence-corrected chi connectivity index (χ3v) is 2.68. The van der Waals surface area contributed by atoms with Gasteiger partial charge < -0.3 is 4.42 Å². The van der Waals surface area contributed by atoms with Crippen LogP contribution in [-0.4, -0.2) is 15.2 Å². The molecule has 0 atom stereocenters. The molecule has 4 heteroatoms. The van der Waals surface area contributed by atoms with E-state index in [0.29, 0.717) is 11.5 Å². The zero-order chi connectivity index (χ0) is 11.5. The summed E-state index contributed by atoms with van der Waals surface area (Å²) in [5, 5.41) is 0. The van der Waals surface area contributed by atoms with Crippen LogP contribution in [0, 0.1) is 0 Å². The van der Waals surface area contributed by atoms with E-state index in [-0.39, 0.29) is 5.78 Å². The van der Waals surface area contributed by atoms with Crippen molar-refractivity contribution in [2.24, 2.45) is 0 Å². The highest BCUT2D eigenvalue weighted by Gasteiger charge is 2.16. The summed E-state index contributed by atoms with van der Waals surface area (Å²) in [6.07, 6.45) is 7.53. The Hall–Kier alpha value is -1.58. The van der Waals surface area contributed by atoms with Gasteiger partial charge in [0, 0.05) is 13.1 Å². The fraction of sp³-hybridized carbons (Fsp3) is 0.500. The van der Waals surface area contributed by atoms with Crippen molar-refractivity contribution in [1.82, 2.24) is 9.38 Å². The summed E-state index contributed by atoms with van der Waals surface area (Å²) >= 11 is 0. The SMILES string of the molecule is CCCCCc1nc2occn2c1C(C)=O. The van der Waals surface area contributed by atoms with E-state index in [1.54, 1.807) is 23.8 Å². The minimum atomic E-state index is 0.0420. The first-order chi connectivity index (χ1) is 7.74. The molecule has 4 nitrogen and oxygen atoms in total. The highest BCUT2D eigenvalue weighted by molar-refractivity contribution is 5.94. The van der Waals surface area contributed by atoms with Gasteiger partial charge in [-0.1, -0.05) is 19.8 Å². The van der Waals surface area contributed by atoms with E-state index in [2.05, 4.69) is 11.9 Å². The van der Waals surface area contributed by atoms with Crippen LogP contribution in [0.1, 0.15) is 49.3 Å². The standard InChI is InChI=1S/C12H16N2O2/c1-3-4-5-6-10-11(9(2)15)14-7-8-16-12(14)13-10/h7-8H,3-6H2,1-2H3. The van der Waals surface area contributed by atoms with Gasteiger partial charge in [-0.25, -0.2) is 0 Å². The summed E-state index contributed by atoms with van der Waals surface area (Å²) in [5.74, 6) is 0.553.